The van der Waals surface area contributed by atoms with E-state index in [2.05, 4.69) is 33.9 Å². The van der Waals surface area contributed by atoms with Crippen LogP contribution in [0.3, 0.4) is 0 Å². The predicted molar refractivity (Wildman–Crippen MR) is 75.7 cm³/mol. The van der Waals surface area contributed by atoms with E-state index in [-0.39, 0.29) is 0 Å². The van der Waals surface area contributed by atoms with Gasteiger partial charge in [-0.1, -0.05) is 19.0 Å². The summed E-state index contributed by atoms with van der Waals surface area (Å²) in [5, 5.41) is 4.92. The SMILES string of the molecule is Cc1noc2ncnc(N3CCOCC3CC(C)C)c12. The minimum atomic E-state index is 0.344. The molecule has 108 valence electrons. The highest BCUT2D eigenvalue weighted by molar-refractivity contribution is 5.88. The molecule has 0 N–H and O–H groups in total. The van der Waals surface area contributed by atoms with E-state index in [1.165, 1.54) is 0 Å². The number of morpholine rings is 1. The van der Waals surface area contributed by atoms with Crippen LogP contribution in [-0.2, 0) is 4.74 Å². The molecule has 2 aromatic heterocycles. The molecule has 1 aliphatic rings. The topological polar surface area (TPSA) is 64.3 Å². The monoisotopic (exact) mass is 276 g/mol. The first-order chi connectivity index (χ1) is 9.66. The summed E-state index contributed by atoms with van der Waals surface area (Å²) >= 11 is 0. The summed E-state index contributed by atoms with van der Waals surface area (Å²) in [5.74, 6) is 1.53. The lowest BCUT2D eigenvalue weighted by Crippen LogP contribution is -2.46. The third-order valence-corrected chi connectivity index (χ3v) is 3.67. The summed E-state index contributed by atoms with van der Waals surface area (Å²) in [6.45, 7) is 8.70. The van der Waals surface area contributed by atoms with Crippen LogP contribution in [0.15, 0.2) is 10.9 Å². The Balaban J connectivity index is 2.01. The Morgan fingerprint density at radius 1 is 1.40 bits per heavy atom. The van der Waals surface area contributed by atoms with E-state index in [0.29, 0.717) is 17.7 Å². The molecule has 0 spiro atoms. The fourth-order valence-electron chi connectivity index (χ4n) is 2.79. The van der Waals surface area contributed by atoms with Crippen molar-refractivity contribution in [1.82, 2.24) is 15.1 Å². The number of fused-ring (bicyclic) bond motifs is 1. The van der Waals surface area contributed by atoms with Gasteiger partial charge in [-0.15, -0.1) is 0 Å². The van der Waals surface area contributed by atoms with Crippen LogP contribution in [0, 0.1) is 12.8 Å². The lowest BCUT2D eigenvalue weighted by Gasteiger charge is -2.37. The number of aromatic nitrogens is 3. The van der Waals surface area contributed by atoms with Crippen LogP contribution in [0.2, 0.25) is 0 Å². The number of anilines is 1. The third kappa shape index (κ3) is 2.35. The standard InChI is InChI=1S/C14H20N4O2/c1-9(2)6-11-7-19-5-4-18(11)13-12-10(3)17-20-14(12)16-8-15-13/h8-9,11H,4-7H2,1-3H3. The smallest absolute Gasteiger partial charge is 0.263 e. The molecule has 0 radical (unpaired) electrons. The quantitative estimate of drug-likeness (QED) is 0.856. The molecular weight excluding hydrogens is 256 g/mol. The zero-order valence-corrected chi connectivity index (χ0v) is 12.2. The summed E-state index contributed by atoms with van der Waals surface area (Å²) in [4.78, 5) is 10.9. The van der Waals surface area contributed by atoms with Crippen molar-refractivity contribution in [2.75, 3.05) is 24.7 Å². The highest BCUT2D eigenvalue weighted by Crippen LogP contribution is 2.29. The first-order valence-corrected chi connectivity index (χ1v) is 7.08. The molecule has 2 aromatic rings. The predicted octanol–water partition coefficient (Wildman–Crippen LogP) is 2.18. The maximum Gasteiger partial charge on any atom is 0.263 e. The van der Waals surface area contributed by atoms with E-state index < -0.39 is 0 Å². The van der Waals surface area contributed by atoms with Crippen molar-refractivity contribution in [1.29, 1.82) is 0 Å². The summed E-state index contributed by atoms with van der Waals surface area (Å²) < 4.78 is 10.9. The van der Waals surface area contributed by atoms with Crippen molar-refractivity contribution < 1.29 is 9.26 Å². The number of rotatable bonds is 3. The van der Waals surface area contributed by atoms with Crippen molar-refractivity contribution in [2.24, 2.45) is 5.92 Å². The van der Waals surface area contributed by atoms with Gasteiger partial charge in [0, 0.05) is 6.54 Å². The molecule has 1 saturated heterocycles. The van der Waals surface area contributed by atoms with E-state index in [1.54, 1.807) is 6.33 Å². The van der Waals surface area contributed by atoms with Gasteiger partial charge in [-0.2, -0.15) is 4.98 Å². The van der Waals surface area contributed by atoms with Crippen molar-refractivity contribution in [3.63, 3.8) is 0 Å². The normalized spacial score (nSPS) is 20.0. The first-order valence-electron chi connectivity index (χ1n) is 7.08. The molecule has 20 heavy (non-hydrogen) atoms. The minimum absolute atomic E-state index is 0.344. The molecule has 3 rings (SSSR count). The maximum atomic E-state index is 5.63. The summed E-state index contributed by atoms with van der Waals surface area (Å²) in [5.41, 5.74) is 1.40. The number of nitrogens with zero attached hydrogens (tertiary/aromatic N) is 4. The third-order valence-electron chi connectivity index (χ3n) is 3.67. The van der Waals surface area contributed by atoms with Gasteiger partial charge in [0.1, 0.15) is 17.5 Å². The van der Waals surface area contributed by atoms with Crippen molar-refractivity contribution in [3.05, 3.63) is 12.0 Å². The van der Waals surface area contributed by atoms with Gasteiger partial charge in [0.05, 0.1) is 24.9 Å². The van der Waals surface area contributed by atoms with E-state index in [9.17, 15) is 0 Å². The zero-order valence-electron chi connectivity index (χ0n) is 12.2. The van der Waals surface area contributed by atoms with Gasteiger partial charge in [-0.05, 0) is 19.3 Å². The van der Waals surface area contributed by atoms with Crippen LogP contribution < -0.4 is 4.90 Å². The van der Waals surface area contributed by atoms with Gasteiger partial charge < -0.3 is 14.2 Å². The van der Waals surface area contributed by atoms with Gasteiger partial charge in [-0.3, -0.25) is 0 Å². The average molecular weight is 276 g/mol. The Kier molecular flexibility index (Phi) is 3.56. The molecule has 0 aromatic carbocycles. The molecule has 0 aliphatic carbocycles. The van der Waals surface area contributed by atoms with Crippen molar-refractivity contribution >= 4 is 16.9 Å². The number of hydrogen-bond donors (Lipinski definition) is 0. The van der Waals surface area contributed by atoms with Crippen LogP contribution in [0.5, 0.6) is 0 Å². The second-order valence-corrected chi connectivity index (χ2v) is 5.70. The molecule has 0 bridgehead atoms. The van der Waals surface area contributed by atoms with Crippen LogP contribution >= 0.6 is 0 Å². The lowest BCUT2D eigenvalue weighted by atomic mass is 10.0. The molecule has 1 atom stereocenters. The lowest BCUT2D eigenvalue weighted by molar-refractivity contribution is 0.0875. The van der Waals surface area contributed by atoms with Gasteiger partial charge in [0.25, 0.3) is 5.71 Å². The highest BCUT2D eigenvalue weighted by atomic mass is 16.5. The van der Waals surface area contributed by atoms with E-state index in [4.69, 9.17) is 9.26 Å². The number of aryl methyl sites for hydroxylation is 1. The zero-order chi connectivity index (χ0) is 14.1. The molecule has 1 aliphatic heterocycles. The number of hydrogen-bond acceptors (Lipinski definition) is 6. The molecule has 1 fully saturated rings. The van der Waals surface area contributed by atoms with Gasteiger partial charge in [0.15, 0.2) is 0 Å². The molecule has 0 saturated carbocycles. The van der Waals surface area contributed by atoms with Crippen LogP contribution in [0.25, 0.3) is 11.1 Å². The van der Waals surface area contributed by atoms with E-state index in [1.807, 2.05) is 6.92 Å². The van der Waals surface area contributed by atoms with Crippen molar-refractivity contribution in [3.8, 4) is 0 Å². The fourth-order valence-corrected chi connectivity index (χ4v) is 2.79. The Morgan fingerprint density at radius 2 is 2.25 bits per heavy atom. The largest absolute Gasteiger partial charge is 0.377 e. The van der Waals surface area contributed by atoms with Crippen LogP contribution in [0.1, 0.15) is 26.0 Å². The number of ether oxygens (including phenoxy) is 1. The highest BCUT2D eigenvalue weighted by Gasteiger charge is 2.27. The fraction of sp³-hybridized carbons (Fsp3) is 0.643. The second-order valence-electron chi connectivity index (χ2n) is 5.70. The first kappa shape index (κ1) is 13.3. The van der Waals surface area contributed by atoms with Crippen LogP contribution in [0.4, 0.5) is 5.82 Å². The molecule has 1 unspecified atom stereocenters. The maximum absolute atomic E-state index is 5.63. The Bertz CT molecular complexity index is 596. The Morgan fingerprint density at radius 3 is 3.05 bits per heavy atom. The molecule has 6 heteroatoms. The molecular formula is C14H20N4O2. The summed E-state index contributed by atoms with van der Waals surface area (Å²) in [7, 11) is 0. The molecule has 3 heterocycles. The van der Waals surface area contributed by atoms with Gasteiger partial charge in [0.2, 0.25) is 0 Å². The van der Waals surface area contributed by atoms with Crippen molar-refractivity contribution in [2.45, 2.75) is 33.2 Å². The Labute approximate surface area is 118 Å². The van der Waals surface area contributed by atoms with Crippen LogP contribution in [-0.4, -0.2) is 40.9 Å². The molecule has 6 nitrogen and oxygen atoms in total. The van der Waals surface area contributed by atoms with E-state index in [0.717, 1.165) is 43.1 Å². The second kappa shape index (κ2) is 5.36. The van der Waals surface area contributed by atoms with Gasteiger partial charge >= 0.3 is 0 Å². The van der Waals surface area contributed by atoms with E-state index >= 15 is 0 Å². The average Bonchev–Trinajstić information content (AvgIpc) is 2.81. The summed E-state index contributed by atoms with van der Waals surface area (Å²) in [6, 6.07) is 0.344. The minimum Gasteiger partial charge on any atom is -0.377 e. The summed E-state index contributed by atoms with van der Waals surface area (Å²) in [6.07, 6.45) is 2.63. The Hall–Kier alpha value is -1.69. The van der Waals surface area contributed by atoms with Gasteiger partial charge in [-0.25, -0.2) is 4.98 Å². The molecule has 0 amide bonds.